The molecule has 5 N–H and O–H groups in total. The predicted molar refractivity (Wildman–Crippen MR) is 124 cm³/mol. The second-order valence-electron chi connectivity index (χ2n) is 9.58. The number of amides is 2. The molecule has 4 aliphatic heterocycles. The molecule has 0 aromatic heterocycles. The fourth-order valence-electron chi connectivity index (χ4n) is 5.61. The summed E-state index contributed by atoms with van der Waals surface area (Å²) in [7, 11) is 0. The number of fused-ring (bicyclic) bond motifs is 1. The maximum Gasteiger partial charge on any atom is 0.353 e. The Morgan fingerprint density at radius 3 is 2.55 bits per heavy atom. The van der Waals surface area contributed by atoms with E-state index >= 15 is 0 Å². The van der Waals surface area contributed by atoms with Crippen LogP contribution in [0.15, 0.2) is 10.6 Å². The number of thioether (sulfide) groups is 1. The summed E-state index contributed by atoms with van der Waals surface area (Å²) in [5, 5.41) is 33.8. The summed E-state index contributed by atoms with van der Waals surface area (Å²) < 4.78 is 0. The molecule has 0 radical (unpaired) electrons. The average molecular weight is 480 g/mol. The van der Waals surface area contributed by atoms with E-state index in [9.17, 15) is 24.6 Å². The summed E-state index contributed by atoms with van der Waals surface area (Å²) in [4.78, 5) is 41.4. The number of piperidine rings is 1. The highest BCUT2D eigenvalue weighted by Crippen LogP contribution is 2.51. The van der Waals surface area contributed by atoms with Crippen molar-refractivity contribution < 1.29 is 24.6 Å². The van der Waals surface area contributed by atoms with Crippen molar-refractivity contribution in [2.75, 3.05) is 19.6 Å². The number of rotatable bonds is 6. The number of β-lactam (4-membered cyclic amide) rings is 1. The van der Waals surface area contributed by atoms with Crippen LogP contribution in [-0.2, 0) is 14.4 Å². The Morgan fingerprint density at radius 2 is 1.97 bits per heavy atom. The van der Waals surface area contributed by atoms with Gasteiger partial charge in [-0.3, -0.25) is 15.0 Å². The Balaban J connectivity index is 1.37. The Morgan fingerprint density at radius 1 is 1.30 bits per heavy atom. The van der Waals surface area contributed by atoms with E-state index in [1.165, 1.54) is 16.7 Å². The molecular weight excluding hydrogens is 446 g/mol. The number of carbonyl (C=O) groups is 3. The minimum absolute atomic E-state index is 0.0318. The van der Waals surface area contributed by atoms with Crippen LogP contribution >= 0.6 is 11.8 Å². The molecule has 0 unspecified atom stereocenters. The van der Waals surface area contributed by atoms with Crippen molar-refractivity contribution in [3.8, 4) is 0 Å². The van der Waals surface area contributed by atoms with Crippen LogP contribution in [0.5, 0.6) is 0 Å². The van der Waals surface area contributed by atoms with Gasteiger partial charge in [0, 0.05) is 41.7 Å². The van der Waals surface area contributed by atoms with Crippen LogP contribution in [-0.4, -0.2) is 92.7 Å². The van der Waals surface area contributed by atoms with E-state index in [0.29, 0.717) is 36.8 Å². The molecule has 0 bridgehead atoms. The molecule has 6 atom stereocenters. The zero-order valence-electron chi connectivity index (χ0n) is 19.2. The molecule has 0 aliphatic carbocycles. The minimum Gasteiger partial charge on any atom is -0.477 e. The van der Waals surface area contributed by atoms with Gasteiger partial charge < -0.3 is 30.6 Å². The molecule has 4 aliphatic rings. The molecule has 3 saturated heterocycles. The summed E-state index contributed by atoms with van der Waals surface area (Å²) in [5.74, 6) is -1.68. The SMILES string of the molecule is CC(=N)NC1CCN(C(=O)[C@@H]2C[C@H](SC3=C(C(=O)O)N4C(=O)[C@H]([C@@H](C)O)[C@H]4[C@H]3C)CN2)CC1. The first-order valence-electron chi connectivity index (χ1n) is 11.6. The summed E-state index contributed by atoms with van der Waals surface area (Å²) in [5.41, 5.74) is 0.0326. The number of likely N-dealkylation sites (tertiary alicyclic amines) is 1. The standard InChI is InChI=1S/C22H33N5O5S/c1-10-17-16(11(2)28)21(30)27(17)18(22(31)32)19(10)33-14-8-15(24-9-14)20(29)26-6-4-13(5-7-26)25-12(3)23/h10-11,13-17,24,28H,4-9H2,1-3H3,(H2,23,25)(H,31,32)/t10-,11-,14+,15+,16-,17-/m1/s1. The molecule has 3 fully saturated rings. The van der Waals surface area contributed by atoms with Gasteiger partial charge in [-0.25, -0.2) is 4.79 Å². The number of nitrogens with zero attached hydrogens (tertiary/aromatic N) is 2. The lowest BCUT2D eigenvalue weighted by Crippen LogP contribution is -2.63. The number of hydrogen-bond donors (Lipinski definition) is 5. The number of carboxylic acids is 1. The number of amidine groups is 1. The van der Waals surface area contributed by atoms with Crippen LogP contribution in [0.2, 0.25) is 0 Å². The van der Waals surface area contributed by atoms with E-state index < -0.39 is 18.0 Å². The van der Waals surface area contributed by atoms with E-state index in [1.54, 1.807) is 13.8 Å². The van der Waals surface area contributed by atoms with E-state index in [1.807, 2.05) is 11.8 Å². The predicted octanol–water partition coefficient (Wildman–Crippen LogP) is 0.182. The second-order valence-corrected chi connectivity index (χ2v) is 10.9. The molecule has 4 rings (SSSR count). The van der Waals surface area contributed by atoms with Crippen molar-refractivity contribution in [2.45, 2.75) is 69.5 Å². The van der Waals surface area contributed by atoms with Crippen LogP contribution in [0.4, 0.5) is 0 Å². The highest BCUT2D eigenvalue weighted by Gasteiger charge is 2.60. The number of carboxylic acid groups (broad SMARTS) is 1. The van der Waals surface area contributed by atoms with E-state index in [0.717, 1.165) is 12.8 Å². The van der Waals surface area contributed by atoms with Crippen molar-refractivity contribution in [3.63, 3.8) is 0 Å². The average Bonchev–Trinajstić information content (AvgIpc) is 3.30. The number of aliphatic carboxylic acids is 1. The first-order chi connectivity index (χ1) is 15.6. The fraction of sp³-hybridized carbons (Fsp3) is 0.727. The summed E-state index contributed by atoms with van der Waals surface area (Å²) >= 11 is 1.45. The van der Waals surface area contributed by atoms with Crippen molar-refractivity contribution in [2.24, 2.45) is 11.8 Å². The monoisotopic (exact) mass is 479 g/mol. The zero-order chi connectivity index (χ0) is 24.0. The van der Waals surface area contributed by atoms with Gasteiger partial charge in [0.1, 0.15) is 5.70 Å². The van der Waals surface area contributed by atoms with Crippen LogP contribution < -0.4 is 10.6 Å². The van der Waals surface area contributed by atoms with Crippen molar-refractivity contribution in [1.29, 1.82) is 5.41 Å². The number of aliphatic hydroxyl groups excluding tert-OH is 1. The molecule has 0 spiro atoms. The lowest BCUT2D eigenvalue weighted by Gasteiger charge is -2.46. The molecule has 33 heavy (non-hydrogen) atoms. The minimum atomic E-state index is -1.13. The third kappa shape index (κ3) is 4.38. The van der Waals surface area contributed by atoms with Crippen LogP contribution in [0.25, 0.3) is 0 Å². The van der Waals surface area contributed by atoms with Crippen LogP contribution in [0.3, 0.4) is 0 Å². The molecule has 0 aromatic rings. The number of hydrogen-bond acceptors (Lipinski definition) is 7. The number of nitrogens with one attached hydrogen (secondary N) is 3. The Hall–Kier alpha value is -2.11. The molecule has 0 saturated carbocycles. The number of carbonyl (C=O) groups excluding carboxylic acids is 2. The lowest BCUT2D eigenvalue weighted by atomic mass is 9.79. The van der Waals surface area contributed by atoms with Gasteiger partial charge in [0.25, 0.3) is 0 Å². The second kappa shape index (κ2) is 9.27. The van der Waals surface area contributed by atoms with Crippen molar-refractivity contribution in [1.82, 2.24) is 20.4 Å². The maximum absolute atomic E-state index is 13.0. The molecule has 4 heterocycles. The molecule has 2 amide bonds. The molecule has 0 aromatic carbocycles. The van der Waals surface area contributed by atoms with E-state index in [-0.39, 0.29) is 46.8 Å². The highest BCUT2D eigenvalue weighted by atomic mass is 32.2. The Bertz CT molecular complexity index is 884. The largest absolute Gasteiger partial charge is 0.477 e. The summed E-state index contributed by atoms with van der Waals surface area (Å²) in [6.45, 7) is 7.11. The Kier molecular flexibility index (Phi) is 6.75. The van der Waals surface area contributed by atoms with Gasteiger partial charge in [0.05, 0.1) is 29.9 Å². The van der Waals surface area contributed by atoms with Crippen molar-refractivity contribution in [3.05, 3.63) is 10.6 Å². The molecule has 182 valence electrons. The topological polar surface area (TPSA) is 146 Å². The lowest BCUT2D eigenvalue weighted by molar-refractivity contribution is -0.163. The molecule has 10 nitrogen and oxygen atoms in total. The van der Waals surface area contributed by atoms with Crippen LogP contribution in [0.1, 0.15) is 40.0 Å². The number of aliphatic hydroxyl groups is 1. The van der Waals surface area contributed by atoms with Crippen molar-refractivity contribution >= 4 is 35.4 Å². The van der Waals surface area contributed by atoms with Gasteiger partial charge in [0.2, 0.25) is 11.8 Å². The first-order valence-corrected chi connectivity index (χ1v) is 12.5. The van der Waals surface area contributed by atoms with E-state index in [4.69, 9.17) is 5.41 Å². The normalized spacial score (nSPS) is 33.1. The van der Waals surface area contributed by atoms with Gasteiger partial charge in [0.15, 0.2) is 0 Å². The third-order valence-electron chi connectivity index (χ3n) is 7.22. The zero-order valence-corrected chi connectivity index (χ0v) is 20.0. The quantitative estimate of drug-likeness (QED) is 0.206. The Labute approximate surface area is 197 Å². The van der Waals surface area contributed by atoms with Gasteiger partial charge in [-0.2, -0.15) is 0 Å². The van der Waals surface area contributed by atoms with Crippen LogP contribution in [0, 0.1) is 17.2 Å². The van der Waals surface area contributed by atoms with E-state index in [2.05, 4.69) is 10.6 Å². The smallest absolute Gasteiger partial charge is 0.353 e. The van der Waals surface area contributed by atoms with Gasteiger partial charge >= 0.3 is 5.97 Å². The fourth-order valence-corrected chi connectivity index (χ4v) is 7.09. The summed E-state index contributed by atoms with van der Waals surface area (Å²) in [6.07, 6.45) is 1.41. The summed E-state index contributed by atoms with van der Waals surface area (Å²) in [6, 6.07) is -0.390. The molecular formula is C22H33N5O5S. The molecule has 11 heteroatoms. The highest BCUT2D eigenvalue weighted by molar-refractivity contribution is 8.03. The van der Waals surface area contributed by atoms with Gasteiger partial charge in [-0.05, 0) is 33.1 Å². The first kappa shape index (κ1) is 24.0. The third-order valence-corrected chi connectivity index (χ3v) is 8.73. The maximum atomic E-state index is 13.0. The van der Waals surface area contributed by atoms with Gasteiger partial charge in [-0.1, -0.05) is 6.92 Å². The van der Waals surface area contributed by atoms with Gasteiger partial charge in [-0.15, -0.1) is 11.8 Å².